The Balaban J connectivity index is 0.000000247. The highest BCUT2D eigenvalue weighted by molar-refractivity contribution is 5.99. The van der Waals surface area contributed by atoms with Gasteiger partial charge in [-0.1, -0.05) is 13.8 Å². The van der Waals surface area contributed by atoms with E-state index >= 15 is 0 Å². The molecule has 1 atom stereocenters. The Morgan fingerprint density at radius 3 is 2.40 bits per heavy atom. The Morgan fingerprint density at radius 2 is 1.79 bits per heavy atom. The van der Waals surface area contributed by atoms with Gasteiger partial charge in [0.05, 0.1) is 18.0 Å². The molecule has 0 saturated carbocycles. The van der Waals surface area contributed by atoms with E-state index < -0.39 is 35.9 Å². The van der Waals surface area contributed by atoms with Crippen molar-refractivity contribution in [2.75, 3.05) is 6.54 Å². The lowest BCUT2D eigenvalue weighted by molar-refractivity contribution is -0.137. The largest absolute Gasteiger partial charge is 0.481 e. The molecule has 4 rings (SSSR count). The fraction of sp³-hybridized carbons (Fsp3) is 0.300. The van der Waals surface area contributed by atoms with E-state index in [2.05, 4.69) is 34.7 Å². The fourth-order valence-corrected chi connectivity index (χ4v) is 4.49. The van der Waals surface area contributed by atoms with Crippen molar-refractivity contribution < 1.29 is 32.7 Å². The molecule has 9 nitrogen and oxygen atoms in total. The van der Waals surface area contributed by atoms with Gasteiger partial charge >= 0.3 is 5.97 Å². The summed E-state index contributed by atoms with van der Waals surface area (Å²) in [5.74, 6) is -3.66. The Hall–Kier alpha value is -4.74. The van der Waals surface area contributed by atoms with E-state index in [1.807, 2.05) is 12.3 Å². The third-order valence-corrected chi connectivity index (χ3v) is 6.44. The monoisotopic (exact) mass is 583 g/mol. The van der Waals surface area contributed by atoms with Crippen LogP contribution in [0, 0.1) is 37.2 Å². The van der Waals surface area contributed by atoms with E-state index in [1.54, 1.807) is 30.6 Å². The maximum Gasteiger partial charge on any atom is 0.305 e. The van der Waals surface area contributed by atoms with Gasteiger partial charge in [0.2, 0.25) is 6.41 Å². The molecule has 2 amide bonds. The zero-order valence-corrected chi connectivity index (χ0v) is 23.6. The smallest absolute Gasteiger partial charge is 0.305 e. The maximum absolute atomic E-state index is 14.2. The van der Waals surface area contributed by atoms with E-state index in [-0.39, 0.29) is 23.4 Å². The second kappa shape index (κ2) is 14.2. The summed E-state index contributed by atoms with van der Waals surface area (Å²) in [6.07, 6.45) is 3.99. The predicted molar refractivity (Wildman–Crippen MR) is 150 cm³/mol. The summed E-state index contributed by atoms with van der Waals surface area (Å²) in [5, 5.41) is 21.7. The number of fused-ring (bicyclic) bond motifs is 1. The summed E-state index contributed by atoms with van der Waals surface area (Å²) < 4.78 is 43.5. The fourth-order valence-electron chi connectivity index (χ4n) is 4.49. The molecule has 0 unspecified atom stereocenters. The highest BCUT2D eigenvalue weighted by Crippen LogP contribution is 2.33. The predicted octanol–water partition coefficient (Wildman–Crippen LogP) is 5.15. The van der Waals surface area contributed by atoms with Crippen LogP contribution >= 0.6 is 0 Å². The molecule has 2 aromatic heterocycles. The summed E-state index contributed by atoms with van der Waals surface area (Å²) in [4.78, 5) is 33.6. The summed E-state index contributed by atoms with van der Waals surface area (Å²) in [6, 6.07) is 7.11. The van der Waals surface area contributed by atoms with Crippen LogP contribution < -0.4 is 10.6 Å². The number of pyridine rings is 1. The lowest BCUT2D eigenvalue weighted by Crippen LogP contribution is -2.25. The van der Waals surface area contributed by atoms with E-state index in [1.165, 1.54) is 18.2 Å². The molecule has 0 radical (unpaired) electrons. The summed E-state index contributed by atoms with van der Waals surface area (Å²) in [7, 11) is 0. The lowest BCUT2D eigenvalue weighted by atomic mass is 9.92. The first kappa shape index (κ1) is 31.8. The SMILES string of the molecule is CC(C)CCNC(=O)c1cccn2cnnc12.Cc1cc(F)cc(C)c1-c1cc(F)c(F)c([C@H](CC(=O)O)NC=O)c1. The van der Waals surface area contributed by atoms with E-state index in [0.29, 0.717) is 40.4 Å². The van der Waals surface area contributed by atoms with Crippen LogP contribution in [0.15, 0.2) is 48.9 Å². The molecular formula is C30H32F3N5O4. The number of hydrogen-bond donors (Lipinski definition) is 3. The minimum absolute atomic E-state index is 0.0933. The molecule has 0 spiro atoms. The number of rotatable bonds is 10. The second-order valence-corrected chi connectivity index (χ2v) is 10.1. The van der Waals surface area contributed by atoms with Crippen LogP contribution in [0.1, 0.15) is 59.8 Å². The van der Waals surface area contributed by atoms with Gasteiger partial charge in [-0.15, -0.1) is 10.2 Å². The minimum Gasteiger partial charge on any atom is -0.481 e. The zero-order valence-electron chi connectivity index (χ0n) is 23.6. The first-order valence-electron chi connectivity index (χ1n) is 13.2. The molecule has 0 bridgehead atoms. The van der Waals surface area contributed by atoms with Gasteiger partial charge in [0, 0.05) is 18.3 Å². The Labute approximate surface area is 240 Å². The van der Waals surface area contributed by atoms with Crippen molar-refractivity contribution >= 4 is 23.9 Å². The highest BCUT2D eigenvalue weighted by atomic mass is 19.2. The first-order chi connectivity index (χ1) is 19.9. The third kappa shape index (κ3) is 7.93. The van der Waals surface area contributed by atoms with Crippen LogP contribution in [0.4, 0.5) is 13.2 Å². The molecule has 0 aliphatic carbocycles. The minimum atomic E-state index is -1.28. The summed E-state index contributed by atoms with van der Waals surface area (Å²) in [5.41, 5.74) is 2.70. The number of aryl methyl sites for hydroxylation is 2. The molecule has 0 saturated heterocycles. The van der Waals surface area contributed by atoms with Gasteiger partial charge in [0.25, 0.3) is 5.91 Å². The van der Waals surface area contributed by atoms with Crippen molar-refractivity contribution in [1.82, 2.24) is 25.2 Å². The van der Waals surface area contributed by atoms with E-state index in [0.717, 1.165) is 12.5 Å². The van der Waals surface area contributed by atoms with Crippen molar-refractivity contribution in [3.8, 4) is 11.1 Å². The lowest BCUT2D eigenvalue weighted by Gasteiger charge is -2.18. The third-order valence-electron chi connectivity index (χ3n) is 6.44. The number of hydrogen-bond acceptors (Lipinski definition) is 5. The molecule has 42 heavy (non-hydrogen) atoms. The van der Waals surface area contributed by atoms with E-state index in [9.17, 15) is 27.6 Å². The van der Waals surface area contributed by atoms with Crippen LogP contribution in [-0.4, -0.2) is 44.5 Å². The molecule has 3 N–H and O–H groups in total. The standard InChI is InChI=1S/C18H16F3NO3.C12H16N4O/c1-9-3-12(19)4-10(2)17(9)11-5-13(18(21)14(20)6-11)15(22-8-23)7-16(24)25;1-9(2)5-6-13-12(17)10-4-3-7-16-8-14-15-11(10)16/h3-6,8,15H,7H2,1-2H3,(H,22,23)(H,24,25);3-4,7-9H,5-6H2,1-2H3,(H,13,17)/t15-;/m0./s1. The Bertz CT molecular complexity index is 1570. The van der Waals surface area contributed by atoms with Crippen molar-refractivity contribution in [2.45, 2.75) is 46.6 Å². The summed E-state index contributed by atoms with van der Waals surface area (Å²) in [6.45, 7) is 8.21. The maximum atomic E-state index is 14.2. The average molecular weight is 584 g/mol. The molecule has 12 heteroatoms. The average Bonchev–Trinajstić information content (AvgIpc) is 3.39. The van der Waals surface area contributed by atoms with Crippen LogP contribution in [0.25, 0.3) is 16.8 Å². The zero-order chi connectivity index (χ0) is 31.0. The number of carbonyl (C=O) groups is 3. The first-order valence-corrected chi connectivity index (χ1v) is 13.2. The van der Waals surface area contributed by atoms with Crippen LogP contribution in [0.3, 0.4) is 0 Å². The summed E-state index contributed by atoms with van der Waals surface area (Å²) >= 11 is 0. The second-order valence-electron chi connectivity index (χ2n) is 10.1. The van der Waals surface area contributed by atoms with Crippen molar-refractivity contribution in [1.29, 1.82) is 0 Å². The van der Waals surface area contributed by atoms with Crippen LogP contribution in [0.5, 0.6) is 0 Å². The van der Waals surface area contributed by atoms with Gasteiger partial charge in [-0.2, -0.15) is 0 Å². The molecule has 4 aromatic rings. The van der Waals surface area contributed by atoms with E-state index in [4.69, 9.17) is 5.11 Å². The van der Waals surface area contributed by atoms with Crippen LogP contribution in [-0.2, 0) is 9.59 Å². The number of carbonyl (C=O) groups excluding carboxylic acids is 2. The molecule has 0 fully saturated rings. The van der Waals surface area contributed by atoms with Gasteiger partial charge in [0.15, 0.2) is 17.3 Å². The van der Waals surface area contributed by atoms with Crippen LogP contribution in [0.2, 0.25) is 0 Å². The number of aliphatic carboxylic acids is 1. The number of amides is 2. The Morgan fingerprint density at radius 1 is 1.10 bits per heavy atom. The molecule has 222 valence electrons. The van der Waals surface area contributed by atoms with Crippen molar-refractivity contribution in [3.05, 3.63) is 88.6 Å². The van der Waals surface area contributed by atoms with Gasteiger partial charge in [-0.25, -0.2) is 13.2 Å². The molecule has 2 aromatic carbocycles. The van der Waals surface area contributed by atoms with Gasteiger partial charge < -0.3 is 15.7 Å². The number of nitrogens with one attached hydrogen (secondary N) is 2. The van der Waals surface area contributed by atoms with Gasteiger partial charge in [0.1, 0.15) is 12.1 Å². The molecule has 0 aliphatic heterocycles. The van der Waals surface area contributed by atoms with Gasteiger partial charge in [-0.05, 0) is 84.8 Å². The number of halogens is 3. The topological polar surface area (TPSA) is 126 Å². The quantitative estimate of drug-likeness (QED) is 0.222. The number of benzene rings is 2. The number of carboxylic acid groups (broad SMARTS) is 1. The van der Waals surface area contributed by atoms with Gasteiger partial charge in [-0.3, -0.25) is 18.8 Å². The number of nitrogens with zero attached hydrogens (tertiary/aromatic N) is 3. The highest BCUT2D eigenvalue weighted by Gasteiger charge is 2.23. The van der Waals surface area contributed by atoms with Crippen molar-refractivity contribution in [2.24, 2.45) is 5.92 Å². The van der Waals surface area contributed by atoms with Crippen molar-refractivity contribution in [3.63, 3.8) is 0 Å². The number of aromatic nitrogens is 3. The molecular weight excluding hydrogens is 551 g/mol. The molecule has 0 aliphatic rings. The molecule has 2 heterocycles. The number of carboxylic acids is 1. The normalized spacial score (nSPS) is 11.5. The Kier molecular flexibility index (Phi) is 10.8.